The van der Waals surface area contributed by atoms with E-state index in [1.807, 2.05) is 31.2 Å². The predicted molar refractivity (Wildman–Crippen MR) is 73.6 cm³/mol. The molecule has 1 amide bonds. The molecule has 0 aromatic heterocycles. The van der Waals surface area contributed by atoms with Gasteiger partial charge in [-0.3, -0.25) is 4.79 Å². The highest BCUT2D eigenvalue weighted by molar-refractivity contribution is 6.30. The maximum Gasteiger partial charge on any atom is 0.224 e. The Morgan fingerprint density at radius 1 is 1.44 bits per heavy atom. The van der Waals surface area contributed by atoms with E-state index in [-0.39, 0.29) is 17.9 Å². The Balaban J connectivity index is 1.91. The van der Waals surface area contributed by atoms with E-state index < -0.39 is 0 Å². The van der Waals surface area contributed by atoms with Crippen LogP contribution in [0.25, 0.3) is 0 Å². The lowest BCUT2D eigenvalue weighted by Crippen LogP contribution is -2.41. The van der Waals surface area contributed by atoms with Crippen molar-refractivity contribution in [1.29, 1.82) is 0 Å². The molecule has 1 unspecified atom stereocenters. The van der Waals surface area contributed by atoms with Gasteiger partial charge in [0.15, 0.2) is 0 Å². The van der Waals surface area contributed by atoms with E-state index in [4.69, 9.17) is 11.6 Å². The van der Waals surface area contributed by atoms with E-state index in [1.54, 1.807) is 0 Å². The fourth-order valence-electron chi connectivity index (χ4n) is 2.24. The second-order valence-corrected chi connectivity index (χ2v) is 5.26. The Bertz CT molecular complexity index is 399. The predicted octanol–water partition coefficient (Wildman–Crippen LogP) is 2.52. The van der Waals surface area contributed by atoms with Gasteiger partial charge in [0, 0.05) is 11.6 Å². The average molecular weight is 267 g/mol. The van der Waals surface area contributed by atoms with Gasteiger partial charge in [-0.05, 0) is 44.0 Å². The van der Waals surface area contributed by atoms with Crippen LogP contribution in [0.15, 0.2) is 24.3 Å². The van der Waals surface area contributed by atoms with Crippen molar-refractivity contribution in [3.8, 4) is 0 Å². The molecule has 4 heteroatoms. The van der Waals surface area contributed by atoms with Gasteiger partial charge in [-0.25, -0.2) is 0 Å². The van der Waals surface area contributed by atoms with E-state index in [2.05, 4.69) is 10.6 Å². The molecule has 0 aliphatic carbocycles. The first-order chi connectivity index (χ1) is 8.66. The lowest BCUT2D eigenvalue weighted by atomic mass is 9.98. The summed E-state index contributed by atoms with van der Waals surface area (Å²) in [5.41, 5.74) is 1.08. The van der Waals surface area contributed by atoms with Crippen molar-refractivity contribution in [2.24, 2.45) is 5.92 Å². The second kappa shape index (κ2) is 6.21. The maximum absolute atomic E-state index is 12.1. The van der Waals surface area contributed by atoms with Crippen LogP contribution in [-0.4, -0.2) is 19.0 Å². The number of hydrogen-bond acceptors (Lipinski definition) is 2. The molecule has 2 atom stereocenters. The Hall–Kier alpha value is -1.06. The minimum Gasteiger partial charge on any atom is -0.349 e. The summed E-state index contributed by atoms with van der Waals surface area (Å²) < 4.78 is 0. The fourth-order valence-corrected chi connectivity index (χ4v) is 2.37. The number of carbonyl (C=O) groups excluding carboxylic acids is 1. The zero-order valence-corrected chi connectivity index (χ0v) is 11.3. The lowest BCUT2D eigenvalue weighted by Gasteiger charge is -2.24. The standard InChI is InChI=1S/C14H19ClN2O/c1-10(11-4-6-13(15)7-5-11)17-14(18)12-3-2-8-16-9-12/h4-7,10,12,16H,2-3,8-9H2,1H3,(H,17,18)/t10?,12-/m0/s1. The first-order valence-electron chi connectivity index (χ1n) is 6.43. The molecule has 2 N–H and O–H groups in total. The van der Waals surface area contributed by atoms with Crippen molar-refractivity contribution in [2.75, 3.05) is 13.1 Å². The van der Waals surface area contributed by atoms with E-state index in [1.165, 1.54) is 0 Å². The quantitative estimate of drug-likeness (QED) is 0.883. The molecular formula is C14H19ClN2O. The average Bonchev–Trinajstić information content (AvgIpc) is 2.40. The van der Waals surface area contributed by atoms with Crippen LogP contribution in [0.1, 0.15) is 31.4 Å². The molecule has 2 rings (SSSR count). The number of carbonyl (C=O) groups is 1. The van der Waals surface area contributed by atoms with Crippen LogP contribution in [-0.2, 0) is 4.79 Å². The Morgan fingerprint density at radius 2 is 2.17 bits per heavy atom. The van der Waals surface area contributed by atoms with Crippen LogP contribution < -0.4 is 10.6 Å². The SMILES string of the molecule is CC(NC(=O)[C@H]1CCCNC1)c1ccc(Cl)cc1. The molecule has 98 valence electrons. The summed E-state index contributed by atoms with van der Waals surface area (Å²) in [4.78, 5) is 12.1. The highest BCUT2D eigenvalue weighted by Gasteiger charge is 2.22. The number of benzene rings is 1. The van der Waals surface area contributed by atoms with Crippen molar-refractivity contribution in [3.05, 3.63) is 34.9 Å². The second-order valence-electron chi connectivity index (χ2n) is 4.83. The van der Waals surface area contributed by atoms with Crippen LogP contribution in [0.2, 0.25) is 5.02 Å². The normalized spacial score (nSPS) is 21.3. The van der Waals surface area contributed by atoms with Gasteiger partial charge in [0.1, 0.15) is 0 Å². The Kier molecular flexibility index (Phi) is 4.61. The first kappa shape index (κ1) is 13.4. The third-order valence-electron chi connectivity index (χ3n) is 3.40. The van der Waals surface area contributed by atoms with E-state index in [0.29, 0.717) is 5.02 Å². The molecule has 0 radical (unpaired) electrons. The van der Waals surface area contributed by atoms with Crippen molar-refractivity contribution >= 4 is 17.5 Å². The molecule has 18 heavy (non-hydrogen) atoms. The molecule has 1 aliphatic heterocycles. The summed E-state index contributed by atoms with van der Waals surface area (Å²) >= 11 is 5.85. The third-order valence-corrected chi connectivity index (χ3v) is 3.65. The molecule has 3 nitrogen and oxygen atoms in total. The molecule has 0 spiro atoms. The number of nitrogens with one attached hydrogen (secondary N) is 2. The number of hydrogen-bond donors (Lipinski definition) is 2. The zero-order valence-electron chi connectivity index (χ0n) is 10.6. The summed E-state index contributed by atoms with van der Waals surface area (Å²) in [6, 6.07) is 7.62. The minimum absolute atomic E-state index is 0.0247. The molecule has 1 aromatic rings. The van der Waals surface area contributed by atoms with Gasteiger partial charge in [0.05, 0.1) is 12.0 Å². The summed E-state index contributed by atoms with van der Waals surface area (Å²) in [6.45, 7) is 3.81. The van der Waals surface area contributed by atoms with Gasteiger partial charge in [0.2, 0.25) is 5.91 Å². The highest BCUT2D eigenvalue weighted by Crippen LogP contribution is 2.17. The zero-order chi connectivity index (χ0) is 13.0. The van der Waals surface area contributed by atoms with Crippen LogP contribution in [0.3, 0.4) is 0 Å². The molecular weight excluding hydrogens is 248 g/mol. The molecule has 1 fully saturated rings. The van der Waals surface area contributed by atoms with E-state index in [9.17, 15) is 4.79 Å². The van der Waals surface area contributed by atoms with E-state index >= 15 is 0 Å². The van der Waals surface area contributed by atoms with E-state index in [0.717, 1.165) is 31.5 Å². The van der Waals surface area contributed by atoms with Crippen LogP contribution in [0.4, 0.5) is 0 Å². The minimum atomic E-state index is 0.0247. The van der Waals surface area contributed by atoms with Gasteiger partial charge < -0.3 is 10.6 Å². The summed E-state index contributed by atoms with van der Waals surface area (Å²) in [5.74, 6) is 0.248. The molecule has 1 saturated heterocycles. The van der Waals surface area contributed by atoms with Crippen molar-refractivity contribution in [1.82, 2.24) is 10.6 Å². The van der Waals surface area contributed by atoms with Crippen LogP contribution >= 0.6 is 11.6 Å². The number of piperidine rings is 1. The van der Waals surface area contributed by atoms with Gasteiger partial charge in [0.25, 0.3) is 0 Å². The van der Waals surface area contributed by atoms with Gasteiger partial charge in [-0.2, -0.15) is 0 Å². The summed E-state index contributed by atoms with van der Waals surface area (Å²) in [6.07, 6.45) is 2.06. The molecule has 0 bridgehead atoms. The molecule has 1 aliphatic rings. The smallest absolute Gasteiger partial charge is 0.224 e. The Morgan fingerprint density at radius 3 is 2.78 bits per heavy atom. The van der Waals surface area contributed by atoms with Crippen LogP contribution in [0.5, 0.6) is 0 Å². The largest absolute Gasteiger partial charge is 0.349 e. The first-order valence-corrected chi connectivity index (χ1v) is 6.81. The molecule has 1 heterocycles. The fraction of sp³-hybridized carbons (Fsp3) is 0.500. The summed E-state index contributed by atoms with van der Waals surface area (Å²) in [5, 5.41) is 7.04. The van der Waals surface area contributed by atoms with Crippen molar-refractivity contribution in [2.45, 2.75) is 25.8 Å². The van der Waals surface area contributed by atoms with Gasteiger partial charge in [-0.1, -0.05) is 23.7 Å². The lowest BCUT2D eigenvalue weighted by molar-refractivity contribution is -0.126. The van der Waals surface area contributed by atoms with Gasteiger partial charge in [-0.15, -0.1) is 0 Å². The highest BCUT2D eigenvalue weighted by atomic mass is 35.5. The van der Waals surface area contributed by atoms with Crippen molar-refractivity contribution < 1.29 is 4.79 Å². The topological polar surface area (TPSA) is 41.1 Å². The third kappa shape index (κ3) is 3.47. The molecule has 1 aromatic carbocycles. The van der Waals surface area contributed by atoms with Crippen LogP contribution in [0, 0.1) is 5.92 Å². The number of amides is 1. The molecule has 0 saturated carbocycles. The number of halogens is 1. The summed E-state index contributed by atoms with van der Waals surface area (Å²) in [7, 11) is 0. The maximum atomic E-state index is 12.1. The van der Waals surface area contributed by atoms with Gasteiger partial charge >= 0.3 is 0 Å². The monoisotopic (exact) mass is 266 g/mol. The van der Waals surface area contributed by atoms with Crippen molar-refractivity contribution in [3.63, 3.8) is 0 Å². The Labute approximate surface area is 113 Å². The number of rotatable bonds is 3.